The van der Waals surface area contributed by atoms with E-state index in [9.17, 15) is 9.59 Å². The van der Waals surface area contributed by atoms with E-state index >= 15 is 0 Å². The Balaban J connectivity index is 1.99. The van der Waals surface area contributed by atoms with Crippen molar-refractivity contribution in [1.82, 2.24) is 0 Å². The number of rotatable bonds is 0. The van der Waals surface area contributed by atoms with Crippen molar-refractivity contribution in [3.63, 3.8) is 0 Å². The molecule has 0 bridgehead atoms. The number of Topliss-reactive ketones (excluding diaryl/α,β-unsaturated/α-hetero) is 2. The molecule has 0 unspecified atom stereocenters. The van der Waals surface area contributed by atoms with Crippen LogP contribution in [0.15, 0.2) is 24.3 Å². The summed E-state index contributed by atoms with van der Waals surface area (Å²) in [7, 11) is 0. The molecule has 1 spiro atoms. The number of ketones is 2. The Labute approximate surface area is 119 Å². The summed E-state index contributed by atoms with van der Waals surface area (Å²) in [6.45, 7) is 4.05. The molecule has 4 heteroatoms. The minimum atomic E-state index is -0.598. The molecule has 1 aromatic carbocycles. The topological polar surface area (TPSA) is 34.1 Å². The van der Waals surface area contributed by atoms with Crippen molar-refractivity contribution in [3.05, 3.63) is 24.3 Å². The maximum absolute atomic E-state index is 12.5. The third-order valence-electron chi connectivity index (χ3n) is 3.37. The molecule has 1 aliphatic heterocycles. The van der Waals surface area contributed by atoms with Crippen LogP contribution in [-0.2, 0) is 9.59 Å². The van der Waals surface area contributed by atoms with Crippen molar-refractivity contribution < 1.29 is 9.59 Å². The van der Waals surface area contributed by atoms with E-state index in [1.54, 1.807) is 0 Å². The van der Waals surface area contributed by atoms with Crippen molar-refractivity contribution in [2.24, 2.45) is 5.41 Å². The average Bonchev–Trinajstić information content (AvgIpc) is 2.66. The summed E-state index contributed by atoms with van der Waals surface area (Å²) >= 11 is 0.0164. The predicted molar refractivity (Wildman–Crippen MR) is 72.9 cm³/mol. The van der Waals surface area contributed by atoms with Crippen molar-refractivity contribution in [2.75, 3.05) is 0 Å². The molecule has 1 saturated carbocycles. The Bertz CT molecular complexity index is 501. The summed E-state index contributed by atoms with van der Waals surface area (Å²) in [5.41, 5.74) is -0.139. The second kappa shape index (κ2) is 4.05. The van der Waals surface area contributed by atoms with Crippen molar-refractivity contribution in [3.8, 4) is 0 Å². The van der Waals surface area contributed by atoms with Gasteiger partial charge in [0, 0.05) is 0 Å². The van der Waals surface area contributed by atoms with Crippen LogP contribution in [-0.4, -0.2) is 41.5 Å². The van der Waals surface area contributed by atoms with E-state index in [-0.39, 0.29) is 46.9 Å². The molecular formula is C14H14O2Se2. The van der Waals surface area contributed by atoms with E-state index in [2.05, 4.69) is 12.1 Å². The molecule has 0 atom stereocenters. The zero-order valence-corrected chi connectivity index (χ0v) is 13.8. The van der Waals surface area contributed by atoms with Gasteiger partial charge in [-0.2, -0.15) is 0 Å². The summed E-state index contributed by atoms with van der Waals surface area (Å²) in [6.07, 6.45) is 1.13. The van der Waals surface area contributed by atoms with Crippen molar-refractivity contribution in [1.29, 1.82) is 0 Å². The summed E-state index contributed by atoms with van der Waals surface area (Å²) < 4.78 is 1.94. The summed E-state index contributed by atoms with van der Waals surface area (Å²) in [5.74, 6) is 0.417. The fourth-order valence-electron chi connectivity index (χ4n) is 2.50. The molecular weight excluding hydrogens is 358 g/mol. The Kier molecular flexibility index (Phi) is 2.84. The number of hydrogen-bond acceptors (Lipinski definition) is 2. The first kappa shape index (κ1) is 12.6. The fourth-order valence-corrected chi connectivity index (χ4v) is 10.1. The van der Waals surface area contributed by atoms with Gasteiger partial charge in [-0.15, -0.1) is 0 Å². The summed E-state index contributed by atoms with van der Waals surface area (Å²) in [6, 6.07) is 8.20. The molecule has 1 heterocycles. The van der Waals surface area contributed by atoms with Gasteiger partial charge in [-0.1, -0.05) is 0 Å². The van der Waals surface area contributed by atoms with Crippen LogP contribution < -0.4 is 8.92 Å². The molecule has 0 saturated heterocycles. The van der Waals surface area contributed by atoms with Crippen molar-refractivity contribution in [2.45, 2.75) is 29.9 Å². The molecule has 1 aromatic rings. The third-order valence-corrected chi connectivity index (χ3v) is 11.4. The van der Waals surface area contributed by atoms with Crippen LogP contribution >= 0.6 is 0 Å². The number of fused-ring (bicyclic) bond motifs is 1. The predicted octanol–water partition coefficient (Wildman–Crippen LogP) is 0.434. The van der Waals surface area contributed by atoms with Crippen LogP contribution in [0.4, 0.5) is 0 Å². The zero-order chi connectivity index (χ0) is 13.0. The van der Waals surface area contributed by atoms with Gasteiger partial charge >= 0.3 is 120 Å². The van der Waals surface area contributed by atoms with E-state index < -0.39 is 3.21 Å². The maximum atomic E-state index is 12.5. The van der Waals surface area contributed by atoms with E-state index in [0.717, 1.165) is 0 Å². The molecule has 1 fully saturated rings. The van der Waals surface area contributed by atoms with Gasteiger partial charge in [0.05, 0.1) is 0 Å². The molecule has 1 aliphatic carbocycles. The van der Waals surface area contributed by atoms with Crippen molar-refractivity contribution >= 4 is 50.4 Å². The number of benzene rings is 1. The first-order valence-corrected chi connectivity index (χ1v) is 9.39. The summed E-state index contributed by atoms with van der Waals surface area (Å²) in [5, 5.41) is 0. The molecule has 3 rings (SSSR count). The van der Waals surface area contributed by atoms with Crippen LogP contribution in [0.5, 0.6) is 0 Å². The van der Waals surface area contributed by atoms with Gasteiger partial charge in [0.2, 0.25) is 0 Å². The third kappa shape index (κ3) is 1.83. The molecule has 0 N–H and O–H groups in total. The van der Waals surface area contributed by atoms with Gasteiger partial charge in [-0.25, -0.2) is 0 Å². The molecule has 2 aliphatic rings. The minimum absolute atomic E-state index is 0.00819. The van der Waals surface area contributed by atoms with E-state index in [0.29, 0.717) is 12.8 Å². The molecule has 18 heavy (non-hydrogen) atoms. The SMILES string of the molecule is CC1(C)CC(=O)C2([Se]c3ccccc3[Se]2)C(=O)C1. The van der Waals surface area contributed by atoms with E-state index in [1.165, 1.54) is 8.92 Å². The van der Waals surface area contributed by atoms with Crippen LogP contribution in [0, 0.1) is 5.41 Å². The molecule has 0 amide bonds. The standard InChI is InChI=1S/C14H14O2Se2/c1-13(2)7-11(15)14(12(16)8-13)17-9-5-3-4-6-10(9)18-14/h3-6H,7-8H2,1-2H3. The summed E-state index contributed by atoms with van der Waals surface area (Å²) in [4.78, 5) is 25.0. The molecule has 0 radical (unpaired) electrons. The quantitative estimate of drug-likeness (QED) is 0.489. The normalized spacial score (nSPS) is 24.3. The Morgan fingerprint density at radius 1 is 0.944 bits per heavy atom. The molecule has 2 nitrogen and oxygen atoms in total. The van der Waals surface area contributed by atoms with E-state index in [4.69, 9.17) is 0 Å². The molecule has 0 aromatic heterocycles. The Morgan fingerprint density at radius 2 is 1.39 bits per heavy atom. The fraction of sp³-hybridized carbons (Fsp3) is 0.429. The molecule has 94 valence electrons. The number of carbonyl (C=O) groups is 2. The van der Waals surface area contributed by atoms with Gasteiger partial charge in [0.25, 0.3) is 0 Å². The van der Waals surface area contributed by atoms with Gasteiger partial charge in [0.15, 0.2) is 0 Å². The van der Waals surface area contributed by atoms with Crippen LogP contribution in [0.2, 0.25) is 3.21 Å². The zero-order valence-electron chi connectivity index (χ0n) is 10.4. The van der Waals surface area contributed by atoms with Crippen LogP contribution in [0.3, 0.4) is 0 Å². The second-order valence-corrected chi connectivity index (χ2v) is 12.2. The van der Waals surface area contributed by atoms with Crippen LogP contribution in [0.25, 0.3) is 0 Å². The number of carbonyl (C=O) groups excluding carboxylic acids is 2. The van der Waals surface area contributed by atoms with E-state index in [1.807, 2.05) is 26.0 Å². The van der Waals surface area contributed by atoms with Gasteiger partial charge in [-0.3, -0.25) is 0 Å². The Morgan fingerprint density at radius 3 is 1.83 bits per heavy atom. The Hall–Kier alpha value is -0.401. The van der Waals surface area contributed by atoms with Gasteiger partial charge in [-0.05, 0) is 0 Å². The number of hydrogen-bond donors (Lipinski definition) is 0. The van der Waals surface area contributed by atoms with Crippen LogP contribution in [0.1, 0.15) is 26.7 Å². The van der Waals surface area contributed by atoms with Gasteiger partial charge in [0.1, 0.15) is 0 Å². The second-order valence-electron chi connectivity index (χ2n) is 5.63. The monoisotopic (exact) mass is 374 g/mol. The first-order valence-electron chi connectivity index (χ1n) is 5.97. The average molecular weight is 372 g/mol. The van der Waals surface area contributed by atoms with Gasteiger partial charge < -0.3 is 0 Å². The first-order chi connectivity index (χ1) is 8.43.